The first kappa shape index (κ1) is 17.3. The van der Waals surface area contributed by atoms with Gasteiger partial charge in [-0.2, -0.15) is 11.8 Å². The largest absolute Gasteiger partial charge is 0.480 e. The third-order valence-corrected chi connectivity index (χ3v) is 5.72. The first-order chi connectivity index (χ1) is 10.4. The molecule has 2 aliphatic rings. The summed E-state index contributed by atoms with van der Waals surface area (Å²) in [5, 5.41) is 14.9. The van der Waals surface area contributed by atoms with E-state index in [1.54, 1.807) is 0 Å². The summed E-state index contributed by atoms with van der Waals surface area (Å²) in [6, 6.07) is -0.682. The van der Waals surface area contributed by atoms with Crippen molar-refractivity contribution in [3.8, 4) is 0 Å². The van der Waals surface area contributed by atoms with E-state index in [2.05, 4.69) is 17.6 Å². The van der Waals surface area contributed by atoms with Crippen molar-refractivity contribution in [1.82, 2.24) is 10.6 Å². The predicted molar refractivity (Wildman–Crippen MR) is 84.8 cm³/mol. The number of hydrogen-bond acceptors (Lipinski definition) is 5. The highest BCUT2D eigenvalue weighted by atomic mass is 32.2. The van der Waals surface area contributed by atoms with Crippen LogP contribution in [-0.2, 0) is 14.4 Å². The number of fused-ring (bicyclic) bond motifs is 2. The lowest BCUT2D eigenvalue weighted by atomic mass is 9.71. The van der Waals surface area contributed by atoms with E-state index in [9.17, 15) is 14.4 Å². The number of rotatable bonds is 6. The minimum absolute atomic E-state index is 0.149. The van der Waals surface area contributed by atoms with Crippen LogP contribution < -0.4 is 10.6 Å². The molecule has 1 heterocycles. The molecule has 1 aliphatic carbocycles. The third kappa shape index (κ3) is 4.23. The number of amides is 1. The van der Waals surface area contributed by atoms with Crippen molar-refractivity contribution in [2.24, 2.45) is 11.8 Å². The number of carbonyl (C=O) groups is 3. The highest BCUT2D eigenvalue weighted by Gasteiger charge is 2.41. The molecule has 0 radical (unpaired) electrons. The van der Waals surface area contributed by atoms with E-state index < -0.39 is 12.0 Å². The molecule has 2 fully saturated rings. The molecule has 22 heavy (non-hydrogen) atoms. The van der Waals surface area contributed by atoms with E-state index in [4.69, 9.17) is 5.11 Å². The van der Waals surface area contributed by atoms with Crippen LogP contribution in [0.2, 0.25) is 0 Å². The number of ketones is 1. The second-order valence-corrected chi connectivity index (χ2v) is 7.42. The van der Waals surface area contributed by atoms with Crippen molar-refractivity contribution < 1.29 is 19.5 Å². The lowest BCUT2D eigenvalue weighted by molar-refractivity contribution is -0.140. The summed E-state index contributed by atoms with van der Waals surface area (Å²) in [5.74, 6) is 0.287. The van der Waals surface area contributed by atoms with Crippen LogP contribution in [0.5, 0.6) is 0 Å². The quantitative estimate of drug-likeness (QED) is 0.663. The zero-order valence-corrected chi connectivity index (χ0v) is 13.8. The van der Waals surface area contributed by atoms with Crippen LogP contribution >= 0.6 is 11.8 Å². The number of Topliss-reactive ketones (excluding diaryl/α,β-unsaturated/α-hetero) is 1. The van der Waals surface area contributed by atoms with E-state index in [0.717, 1.165) is 19.3 Å². The molecule has 2 rings (SSSR count). The maximum atomic E-state index is 12.5. The van der Waals surface area contributed by atoms with Gasteiger partial charge in [-0.3, -0.25) is 9.59 Å². The number of carboxylic acids is 1. The summed E-state index contributed by atoms with van der Waals surface area (Å²) in [5.41, 5.74) is 0. The Balaban J connectivity index is 1.84. The van der Waals surface area contributed by atoms with Gasteiger partial charge < -0.3 is 15.7 Å². The number of piperidine rings is 1. The normalized spacial score (nSPS) is 32.4. The van der Waals surface area contributed by atoms with Gasteiger partial charge in [-0.05, 0) is 25.2 Å². The van der Waals surface area contributed by atoms with E-state index in [1.165, 1.54) is 18.7 Å². The van der Waals surface area contributed by atoms with Crippen molar-refractivity contribution in [1.29, 1.82) is 0 Å². The minimum atomic E-state index is -1.05. The molecule has 5 atom stereocenters. The molecule has 0 aromatic heterocycles. The fraction of sp³-hybridized carbons (Fsp3) is 0.800. The van der Waals surface area contributed by atoms with E-state index in [-0.39, 0.29) is 29.4 Å². The molecule has 0 spiro atoms. The molecule has 3 N–H and O–H groups in total. The van der Waals surface area contributed by atoms with Gasteiger partial charge in [0.15, 0.2) is 5.78 Å². The zero-order valence-electron chi connectivity index (χ0n) is 13.0. The van der Waals surface area contributed by atoms with Crippen molar-refractivity contribution in [3.05, 3.63) is 0 Å². The first-order valence-corrected chi connectivity index (χ1v) is 8.91. The summed E-state index contributed by atoms with van der Waals surface area (Å²) >= 11 is 1.40. The van der Waals surface area contributed by atoms with Gasteiger partial charge in [0.2, 0.25) is 5.91 Å². The summed E-state index contributed by atoms with van der Waals surface area (Å²) in [4.78, 5) is 34.5. The van der Waals surface area contributed by atoms with Crippen molar-refractivity contribution in [2.45, 2.75) is 51.2 Å². The molecule has 2 bridgehead atoms. The van der Waals surface area contributed by atoms with Crippen LogP contribution in [0.25, 0.3) is 0 Å². The number of carboxylic acid groups (broad SMARTS) is 1. The fourth-order valence-corrected chi connectivity index (χ4v) is 4.44. The highest BCUT2D eigenvalue weighted by Crippen LogP contribution is 2.35. The summed E-state index contributed by atoms with van der Waals surface area (Å²) < 4.78 is 0. The molecule has 0 aromatic rings. The monoisotopic (exact) mass is 328 g/mol. The molecule has 124 valence electrons. The maximum Gasteiger partial charge on any atom is 0.327 e. The molecule has 1 aliphatic heterocycles. The Hall–Kier alpha value is -1.08. The average molecular weight is 328 g/mol. The Morgan fingerprint density at radius 2 is 2.18 bits per heavy atom. The standard InChI is InChI=1S/C15H24N2O4S/c1-8-3-4-10-5-11(8)14(19)12(17-10)6-22-7-13(15(20)21)16-9(2)18/h8,10-13,17H,3-7H2,1-2H3,(H,16,18)(H,20,21). The SMILES string of the molecule is CC(=O)NC(CSCC1NC2CCC(C)C(C2)C1=O)C(=O)O. The Morgan fingerprint density at radius 1 is 1.45 bits per heavy atom. The van der Waals surface area contributed by atoms with E-state index >= 15 is 0 Å². The maximum absolute atomic E-state index is 12.5. The summed E-state index contributed by atoms with van der Waals surface area (Å²) in [7, 11) is 0. The van der Waals surface area contributed by atoms with Gasteiger partial charge in [-0.1, -0.05) is 6.92 Å². The number of thioether (sulfide) groups is 1. The number of hydrogen-bond donors (Lipinski definition) is 3. The third-order valence-electron chi connectivity index (χ3n) is 4.59. The highest BCUT2D eigenvalue weighted by molar-refractivity contribution is 7.99. The number of carbonyl (C=O) groups excluding carboxylic acids is 2. The fourth-order valence-electron chi connectivity index (χ4n) is 3.35. The van der Waals surface area contributed by atoms with E-state index in [1.807, 2.05) is 0 Å². The molecule has 1 amide bonds. The lowest BCUT2D eigenvalue weighted by Crippen LogP contribution is -2.57. The Morgan fingerprint density at radius 3 is 2.82 bits per heavy atom. The van der Waals surface area contributed by atoms with Crippen LogP contribution in [0.15, 0.2) is 0 Å². The Bertz CT molecular complexity index is 457. The topological polar surface area (TPSA) is 95.5 Å². The van der Waals surface area contributed by atoms with Crippen LogP contribution in [0.3, 0.4) is 0 Å². The predicted octanol–water partition coefficient (Wildman–Crippen LogP) is 0.655. The smallest absolute Gasteiger partial charge is 0.327 e. The molecule has 5 unspecified atom stereocenters. The molecule has 0 aromatic carbocycles. The Labute approximate surface area is 134 Å². The molecular weight excluding hydrogens is 304 g/mol. The number of nitrogens with one attached hydrogen (secondary N) is 2. The van der Waals surface area contributed by atoms with Gasteiger partial charge in [0, 0.05) is 30.4 Å². The second-order valence-electron chi connectivity index (χ2n) is 6.34. The van der Waals surface area contributed by atoms with Gasteiger partial charge in [-0.25, -0.2) is 4.79 Å². The van der Waals surface area contributed by atoms with Gasteiger partial charge >= 0.3 is 5.97 Å². The van der Waals surface area contributed by atoms with Crippen molar-refractivity contribution >= 4 is 29.4 Å². The van der Waals surface area contributed by atoms with Crippen LogP contribution in [0, 0.1) is 11.8 Å². The first-order valence-electron chi connectivity index (χ1n) is 7.76. The van der Waals surface area contributed by atoms with Gasteiger partial charge in [0.25, 0.3) is 0 Å². The van der Waals surface area contributed by atoms with E-state index in [0.29, 0.717) is 17.7 Å². The van der Waals surface area contributed by atoms with Gasteiger partial charge in [0.1, 0.15) is 6.04 Å². The second kappa shape index (κ2) is 7.46. The van der Waals surface area contributed by atoms with Crippen LogP contribution in [0.4, 0.5) is 0 Å². The summed E-state index contributed by atoms with van der Waals surface area (Å²) in [6.07, 6.45) is 3.14. The molecule has 1 saturated carbocycles. The minimum Gasteiger partial charge on any atom is -0.480 e. The molecule has 1 saturated heterocycles. The lowest BCUT2D eigenvalue weighted by Gasteiger charge is -2.42. The molecular formula is C15H24N2O4S. The van der Waals surface area contributed by atoms with Crippen LogP contribution in [0.1, 0.15) is 33.1 Å². The Kier molecular flexibility index (Phi) is 5.86. The van der Waals surface area contributed by atoms with Crippen molar-refractivity contribution in [2.75, 3.05) is 11.5 Å². The zero-order chi connectivity index (χ0) is 16.3. The van der Waals surface area contributed by atoms with Gasteiger partial charge in [0.05, 0.1) is 6.04 Å². The molecule has 6 nitrogen and oxygen atoms in total. The molecule has 7 heteroatoms. The summed E-state index contributed by atoms with van der Waals surface area (Å²) in [6.45, 7) is 3.45. The van der Waals surface area contributed by atoms with Gasteiger partial charge in [-0.15, -0.1) is 0 Å². The average Bonchev–Trinajstić information content (AvgIpc) is 2.45. The van der Waals surface area contributed by atoms with Crippen molar-refractivity contribution in [3.63, 3.8) is 0 Å². The number of aliphatic carboxylic acids is 1. The van der Waals surface area contributed by atoms with Crippen LogP contribution in [-0.4, -0.2) is 52.4 Å².